The number of carbonyl (C=O) groups excluding carboxylic acids is 1. The molecule has 0 amide bonds. The fraction of sp³-hybridized carbons (Fsp3) is 0.294. The number of benzene rings is 1. The van der Waals surface area contributed by atoms with Crippen molar-refractivity contribution in [3.63, 3.8) is 0 Å². The predicted molar refractivity (Wildman–Crippen MR) is 81.6 cm³/mol. The Labute approximate surface area is 124 Å². The minimum absolute atomic E-state index is 0.00469. The minimum Gasteiger partial charge on any atom is -0.481 e. The molecule has 1 heterocycles. The first-order valence-electron chi connectivity index (χ1n) is 6.90. The standard InChI is InChI=1S/C17H19NO3/c1-11-4-6-14(7-5-11)16-10-15(13(3)19)12(2)18(16)9-8-17(20)21/h4-7,10H,8-9H2,1-3H3,(H,20,21). The number of hydrogen-bond donors (Lipinski definition) is 1. The molecule has 0 aliphatic carbocycles. The first-order valence-corrected chi connectivity index (χ1v) is 6.90. The lowest BCUT2D eigenvalue weighted by atomic mass is 10.1. The lowest BCUT2D eigenvalue weighted by Gasteiger charge is -2.11. The van der Waals surface area contributed by atoms with Gasteiger partial charge in [-0.25, -0.2) is 0 Å². The van der Waals surface area contributed by atoms with Crippen LogP contribution in [0.25, 0.3) is 11.3 Å². The van der Waals surface area contributed by atoms with Gasteiger partial charge in [-0.3, -0.25) is 9.59 Å². The first kappa shape index (κ1) is 15.0. The molecule has 21 heavy (non-hydrogen) atoms. The number of carbonyl (C=O) groups is 2. The minimum atomic E-state index is -0.845. The van der Waals surface area contributed by atoms with Gasteiger partial charge in [0, 0.05) is 23.5 Å². The van der Waals surface area contributed by atoms with Gasteiger partial charge in [-0.05, 0) is 32.4 Å². The summed E-state index contributed by atoms with van der Waals surface area (Å²) in [5.74, 6) is -0.850. The zero-order chi connectivity index (χ0) is 15.6. The summed E-state index contributed by atoms with van der Waals surface area (Å²) in [6, 6.07) is 9.85. The Balaban J connectivity index is 2.52. The third-order valence-corrected chi connectivity index (χ3v) is 3.64. The smallest absolute Gasteiger partial charge is 0.305 e. The van der Waals surface area contributed by atoms with Crippen LogP contribution in [0.3, 0.4) is 0 Å². The Bertz CT molecular complexity index is 681. The second kappa shape index (κ2) is 5.95. The van der Waals surface area contributed by atoms with E-state index in [0.717, 1.165) is 22.5 Å². The largest absolute Gasteiger partial charge is 0.481 e. The van der Waals surface area contributed by atoms with Crippen molar-refractivity contribution < 1.29 is 14.7 Å². The highest BCUT2D eigenvalue weighted by Gasteiger charge is 2.16. The van der Waals surface area contributed by atoms with Gasteiger partial charge in [0.25, 0.3) is 0 Å². The monoisotopic (exact) mass is 285 g/mol. The SMILES string of the molecule is CC(=O)c1cc(-c2ccc(C)cc2)n(CCC(=O)O)c1C. The number of hydrogen-bond acceptors (Lipinski definition) is 2. The van der Waals surface area contributed by atoms with Crippen molar-refractivity contribution in [2.45, 2.75) is 33.7 Å². The number of nitrogens with zero attached hydrogens (tertiary/aromatic N) is 1. The van der Waals surface area contributed by atoms with Gasteiger partial charge in [-0.1, -0.05) is 29.8 Å². The van der Waals surface area contributed by atoms with E-state index < -0.39 is 5.97 Å². The van der Waals surface area contributed by atoms with Gasteiger partial charge < -0.3 is 9.67 Å². The van der Waals surface area contributed by atoms with Crippen LogP contribution in [0.1, 0.15) is 35.0 Å². The molecule has 1 aromatic heterocycles. The van der Waals surface area contributed by atoms with Crippen LogP contribution in [0.15, 0.2) is 30.3 Å². The molecule has 0 spiro atoms. The van der Waals surface area contributed by atoms with E-state index in [-0.39, 0.29) is 12.2 Å². The molecule has 1 N–H and O–H groups in total. The fourth-order valence-corrected chi connectivity index (χ4v) is 2.46. The Morgan fingerprint density at radius 2 is 1.76 bits per heavy atom. The van der Waals surface area contributed by atoms with Gasteiger partial charge in [0.15, 0.2) is 5.78 Å². The third-order valence-electron chi connectivity index (χ3n) is 3.64. The van der Waals surface area contributed by atoms with Gasteiger partial charge >= 0.3 is 5.97 Å². The Morgan fingerprint density at radius 3 is 2.29 bits per heavy atom. The van der Waals surface area contributed by atoms with Crippen LogP contribution in [0, 0.1) is 13.8 Å². The van der Waals surface area contributed by atoms with E-state index in [1.165, 1.54) is 6.92 Å². The number of aryl methyl sites for hydroxylation is 1. The van der Waals surface area contributed by atoms with E-state index in [1.54, 1.807) is 0 Å². The molecule has 0 fully saturated rings. The van der Waals surface area contributed by atoms with Crippen LogP contribution in [0.2, 0.25) is 0 Å². The average Bonchev–Trinajstić information content (AvgIpc) is 2.74. The Hall–Kier alpha value is -2.36. The second-order valence-electron chi connectivity index (χ2n) is 5.25. The molecule has 2 aromatic rings. The molecular weight excluding hydrogens is 266 g/mol. The summed E-state index contributed by atoms with van der Waals surface area (Å²) in [7, 11) is 0. The molecule has 0 atom stereocenters. The molecule has 0 saturated carbocycles. The quantitative estimate of drug-likeness (QED) is 0.856. The number of ketones is 1. The summed E-state index contributed by atoms with van der Waals surface area (Å²) >= 11 is 0. The molecule has 4 heteroatoms. The molecular formula is C17H19NO3. The normalized spacial score (nSPS) is 10.6. The molecule has 0 aliphatic rings. The summed E-state index contributed by atoms with van der Waals surface area (Å²) in [5, 5.41) is 8.90. The number of rotatable bonds is 5. The molecule has 2 rings (SSSR count). The van der Waals surface area contributed by atoms with Crippen molar-refractivity contribution in [2.75, 3.05) is 0 Å². The van der Waals surface area contributed by atoms with Crippen LogP contribution in [0.5, 0.6) is 0 Å². The van der Waals surface area contributed by atoms with E-state index in [2.05, 4.69) is 0 Å². The topological polar surface area (TPSA) is 59.3 Å². The zero-order valence-electron chi connectivity index (χ0n) is 12.5. The van der Waals surface area contributed by atoms with Crippen LogP contribution >= 0.6 is 0 Å². The summed E-state index contributed by atoms with van der Waals surface area (Å²) in [4.78, 5) is 22.6. The van der Waals surface area contributed by atoms with Crippen LogP contribution in [0.4, 0.5) is 0 Å². The van der Waals surface area contributed by atoms with E-state index >= 15 is 0 Å². The van der Waals surface area contributed by atoms with Crippen LogP contribution in [-0.4, -0.2) is 21.4 Å². The number of carboxylic acids is 1. The van der Waals surface area contributed by atoms with Crippen molar-refractivity contribution in [1.29, 1.82) is 0 Å². The molecule has 4 nitrogen and oxygen atoms in total. The number of aromatic nitrogens is 1. The highest BCUT2D eigenvalue weighted by molar-refractivity contribution is 5.96. The summed E-state index contributed by atoms with van der Waals surface area (Å²) in [5.41, 5.74) is 4.50. The second-order valence-corrected chi connectivity index (χ2v) is 5.25. The zero-order valence-corrected chi connectivity index (χ0v) is 12.5. The maximum absolute atomic E-state index is 11.7. The molecule has 110 valence electrons. The fourth-order valence-electron chi connectivity index (χ4n) is 2.46. The van der Waals surface area contributed by atoms with E-state index in [1.807, 2.05) is 48.7 Å². The highest BCUT2D eigenvalue weighted by Crippen LogP contribution is 2.27. The Kier molecular flexibility index (Phi) is 4.26. The third kappa shape index (κ3) is 3.21. The van der Waals surface area contributed by atoms with Gasteiger partial charge in [-0.15, -0.1) is 0 Å². The van der Waals surface area contributed by atoms with E-state index in [0.29, 0.717) is 12.1 Å². The molecule has 0 bridgehead atoms. The van der Waals surface area contributed by atoms with Gasteiger partial charge in [-0.2, -0.15) is 0 Å². The average molecular weight is 285 g/mol. The van der Waals surface area contributed by atoms with Crippen molar-refractivity contribution in [3.8, 4) is 11.3 Å². The molecule has 0 saturated heterocycles. The predicted octanol–water partition coefficient (Wildman–Crippen LogP) is 3.45. The lowest BCUT2D eigenvalue weighted by molar-refractivity contribution is -0.137. The van der Waals surface area contributed by atoms with E-state index in [4.69, 9.17) is 5.11 Å². The molecule has 1 aromatic carbocycles. The summed E-state index contributed by atoms with van der Waals surface area (Å²) in [6.07, 6.45) is 0.0335. The maximum Gasteiger partial charge on any atom is 0.305 e. The lowest BCUT2D eigenvalue weighted by Crippen LogP contribution is -2.08. The van der Waals surface area contributed by atoms with Crippen molar-refractivity contribution in [2.24, 2.45) is 0 Å². The van der Waals surface area contributed by atoms with Gasteiger partial charge in [0.1, 0.15) is 0 Å². The van der Waals surface area contributed by atoms with Crippen molar-refractivity contribution >= 4 is 11.8 Å². The Morgan fingerprint density at radius 1 is 1.14 bits per heavy atom. The highest BCUT2D eigenvalue weighted by atomic mass is 16.4. The maximum atomic E-state index is 11.7. The van der Waals surface area contributed by atoms with Crippen molar-refractivity contribution in [1.82, 2.24) is 4.57 Å². The first-order chi connectivity index (χ1) is 9.90. The molecule has 0 unspecified atom stereocenters. The van der Waals surface area contributed by atoms with Gasteiger partial charge in [0.2, 0.25) is 0 Å². The molecule has 0 radical (unpaired) electrons. The van der Waals surface area contributed by atoms with Crippen LogP contribution < -0.4 is 0 Å². The van der Waals surface area contributed by atoms with Gasteiger partial charge in [0.05, 0.1) is 6.42 Å². The van der Waals surface area contributed by atoms with Crippen molar-refractivity contribution in [3.05, 3.63) is 47.2 Å². The number of Topliss-reactive ketones (excluding diaryl/α,β-unsaturated/α-hetero) is 1. The molecule has 0 aliphatic heterocycles. The van der Waals surface area contributed by atoms with Crippen LogP contribution in [-0.2, 0) is 11.3 Å². The summed E-state index contributed by atoms with van der Waals surface area (Å²) < 4.78 is 1.91. The number of aliphatic carboxylic acids is 1. The summed E-state index contributed by atoms with van der Waals surface area (Å²) in [6.45, 7) is 5.76. The van der Waals surface area contributed by atoms with E-state index in [9.17, 15) is 9.59 Å². The number of carboxylic acid groups (broad SMARTS) is 1.